The van der Waals surface area contributed by atoms with Crippen LogP contribution in [0.3, 0.4) is 0 Å². The molecule has 1 aromatic carbocycles. The molecule has 0 amide bonds. The molecular weight excluding hydrogens is 198 g/mol. The summed E-state index contributed by atoms with van der Waals surface area (Å²) in [7, 11) is 0. The van der Waals surface area contributed by atoms with Gasteiger partial charge in [-0.2, -0.15) is 0 Å². The average Bonchev–Trinajstić information content (AvgIpc) is 2.35. The molecule has 1 heterocycles. The highest BCUT2D eigenvalue weighted by molar-refractivity contribution is 5.75. The van der Waals surface area contributed by atoms with Gasteiger partial charge >= 0.3 is 0 Å². The van der Waals surface area contributed by atoms with E-state index in [1.165, 1.54) is 18.4 Å². The van der Waals surface area contributed by atoms with Gasteiger partial charge in [-0.25, -0.2) is 0 Å². The summed E-state index contributed by atoms with van der Waals surface area (Å²) in [6.07, 6.45) is 7.88. The van der Waals surface area contributed by atoms with Crippen molar-refractivity contribution in [3.63, 3.8) is 0 Å². The molecule has 1 aromatic rings. The zero-order valence-electron chi connectivity index (χ0n) is 9.83. The molecular formula is C14H19NO. The fourth-order valence-electron chi connectivity index (χ4n) is 1.88. The molecule has 2 rings (SSSR count). The molecule has 86 valence electrons. The zero-order valence-corrected chi connectivity index (χ0v) is 9.83. The summed E-state index contributed by atoms with van der Waals surface area (Å²) in [6, 6.07) is 6.19. The van der Waals surface area contributed by atoms with E-state index in [9.17, 15) is 0 Å². The normalized spacial score (nSPS) is 13.1. The Morgan fingerprint density at radius 1 is 1.31 bits per heavy atom. The van der Waals surface area contributed by atoms with Gasteiger partial charge in [-0.15, -0.1) is 0 Å². The minimum absolute atomic E-state index is 0.815. The third kappa shape index (κ3) is 2.57. The summed E-state index contributed by atoms with van der Waals surface area (Å²) in [4.78, 5) is 0. The molecule has 0 spiro atoms. The van der Waals surface area contributed by atoms with E-state index in [-0.39, 0.29) is 0 Å². The molecule has 0 saturated heterocycles. The Kier molecular flexibility index (Phi) is 3.86. The third-order valence-electron chi connectivity index (χ3n) is 2.76. The maximum atomic E-state index is 5.81. The molecule has 1 aliphatic heterocycles. The van der Waals surface area contributed by atoms with Crippen molar-refractivity contribution in [2.45, 2.75) is 26.2 Å². The van der Waals surface area contributed by atoms with Crippen LogP contribution in [0.25, 0.3) is 6.08 Å². The van der Waals surface area contributed by atoms with Crippen molar-refractivity contribution in [3.8, 4) is 5.75 Å². The molecule has 0 fully saturated rings. The zero-order chi connectivity index (χ0) is 11.2. The summed E-state index contributed by atoms with van der Waals surface area (Å²) >= 11 is 0. The molecule has 0 atom stereocenters. The lowest BCUT2D eigenvalue weighted by molar-refractivity contribution is 0.307. The van der Waals surface area contributed by atoms with Crippen LogP contribution in [-0.2, 0) is 0 Å². The molecule has 0 saturated carbocycles. The summed E-state index contributed by atoms with van der Waals surface area (Å²) in [5.74, 6) is 0.984. The number of benzene rings is 1. The first kappa shape index (κ1) is 11.1. The molecule has 0 aliphatic carbocycles. The van der Waals surface area contributed by atoms with E-state index in [1.54, 1.807) is 0 Å². The van der Waals surface area contributed by atoms with E-state index >= 15 is 0 Å². The first-order valence-corrected chi connectivity index (χ1v) is 6.08. The van der Waals surface area contributed by atoms with Crippen LogP contribution in [0.1, 0.15) is 31.7 Å². The quantitative estimate of drug-likeness (QED) is 0.759. The average molecular weight is 217 g/mol. The molecule has 1 N–H and O–H groups in total. The van der Waals surface area contributed by atoms with Gasteiger partial charge in [0.05, 0.1) is 12.3 Å². The number of anilines is 1. The van der Waals surface area contributed by atoms with Gasteiger partial charge in [0.2, 0.25) is 0 Å². The predicted molar refractivity (Wildman–Crippen MR) is 69.0 cm³/mol. The Labute approximate surface area is 97.3 Å². The molecule has 0 bridgehead atoms. The van der Waals surface area contributed by atoms with Crippen molar-refractivity contribution in [1.82, 2.24) is 0 Å². The fourth-order valence-corrected chi connectivity index (χ4v) is 1.88. The molecule has 2 heteroatoms. The molecule has 0 unspecified atom stereocenters. The van der Waals surface area contributed by atoms with Crippen LogP contribution in [0, 0.1) is 0 Å². The number of nitrogens with one attached hydrogen (secondary N) is 1. The number of fused-ring (bicyclic) bond motifs is 1. The Morgan fingerprint density at radius 3 is 3.12 bits per heavy atom. The maximum Gasteiger partial charge on any atom is 0.143 e. The molecule has 0 radical (unpaired) electrons. The van der Waals surface area contributed by atoms with Gasteiger partial charge in [-0.05, 0) is 12.5 Å². The van der Waals surface area contributed by atoms with Crippen LogP contribution in [0.5, 0.6) is 5.75 Å². The number of hydrogen-bond acceptors (Lipinski definition) is 2. The van der Waals surface area contributed by atoms with Crippen molar-refractivity contribution in [1.29, 1.82) is 0 Å². The Bertz CT molecular complexity index is 371. The predicted octanol–water partition coefficient (Wildman–Crippen LogP) is 3.69. The third-order valence-corrected chi connectivity index (χ3v) is 2.76. The van der Waals surface area contributed by atoms with E-state index in [2.05, 4.69) is 30.5 Å². The topological polar surface area (TPSA) is 21.3 Å². The standard InChI is InChI=1S/C14H19NO/c1-2-3-4-11-16-13-9-5-7-12-8-6-10-15-14(12)13/h5-9,15H,2-4,10-11H2,1H3. The van der Waals surface area contributed by atoms with E-state index in [0.717, 1.165) is 31.0 Å². The summed E-state index contributed by atoms with van der Waals surface area (Å²) in [5, 5.41) is 3.36. The van der Waals surface area contributed by atoms with Gasteiger partial charge in [0.15, 0.2) is 0 Å². The molecule has 2 nitrogen and oxygen atoms in total. The lowest BCUT2D eigenvalue weighted by Crippen LogP contribution is -2.07. The summed E-state index contributed by atoms with van der Waals surface area (Å²) in [6.45, 7) is 3.91. The lowest BCUT2D eigenvalue weighted by atomic mass is 10.1. The highest BCUT2D eigenvalue weighted by atomic mass is 16.5. The van der Waals surface area contributed by atoms with Crippen molar-refractivity contribution in [2.24, 2.45) is 0 Å². The van der Waals surface area contributed by atoms with Gasteiger partial charge in [0.25, 0.3) is 0 Å². The van der Waals surface area contributed by atoms with Crippen LogP contribution >= 0.6 is 0 Å². The van der Waals surface area contributed by atoms with Crippen LogP contribution in [0.2, 0.25) is 0 Å². The second kappa shape index (κ2) is 5.59. The minimum Gasteiger partial charge on any atom is -0.491 e. The number of hydrogen-bond donors (Lipinski definition) is 1. The smallest absolute Gasteiger partial charge is 0.143 e. The summed E-state index contributed by atoms with van der Waals surface area (Å²) in [5.41, 5.74) is 2.36. The van der Waals surface area contributed by atoms with Crippen molar-refractivity contribution in [3.05, 3.63) is 29.8 Å². The Balaban J connectivity index is 2.01. The van der Waals surface area contributed by atoms with Gasteiger partial charge in [-0.1, -0.05) is 44.1 Å². The van der Waals surface area contributed by atoms with Gasteiger partial charge < -0.3 is 10.1 Å². The van der Waals surface area contributed by atoms with E-state index in [0.29, 0.717) is 0 Å². The first-order chi connectivity index (χ1) is 7.92. The monoisotopic (exact) mass is 217 g/mol. The van der Waals surface area contributed by atoms with Crippen molar-refractivity contribution < 1.29 is 4.74 Å². The lowest BCUT2D eigenvalue weighted by Gasteiger charge is -2.17. The number of ether oxygens (including phenoxy) is 1. The van der Waals surface area contributed by atoms with Crippen LogP contribution < -0.4 is 10.1 Å². The van der Waals surface area contributed by atoms with Gasteiger partial charge in [0.1, 0.15) is 5.75 Å². The van der Waals surface area contributed by atoms with Crippen LogP contribution in [-0.4, -0.2) is 13.2 Å². The fraction of sp³-hybridized carbons (Fsp3) is 0.429. The Hall–Kier alpha value is -1.44. The van der Waals surface area contributed by atoms with Gasteiger partial charge in [0, 0.05) is 12.1 Å². The number of unbranched alkanes of at least 4 members (excludes halogenated alkanes) is 2. The van der Waals surface area contributed by atoms with Crippen LogP contribution in [0.15, 0.2) is 24.3 Å². The largest absolute Gasteiger partial charge is 0.491 e. The SMILES string of the molecule is CCCCCOc1cccc2c1NCC=C2. The van der Waals surface area contributed by atoms with E-state index < -0.39 is 0 Å². The van der Waals surface area contributed by atoms with Gasteiger partial charge in [-0.3, -0.25) is 0 Å². The molecule has 16 heavy (non-hydrogen) atoms. The van der Waals surface area contributed by atoms with Crippen molar-refractivity contribution >= 4 is 11.8 Å². The highest BCUT2D eigenvalue weighted by Gasteiger charge is 2.09. The number of para-hydroxylation sites is 1. The molecule has 1 aliphatic rings. The van der Waals surface area contributed by atoms with E-state index in [1.807, 2.05) is 12.1 Å². The summed E-state index contributed by atoms with van der Waals surface area (Å²) < 4.78 is 5.81. The molecule has 0 aromatic heterocycles. The highest BCUT2D eigenvalue weighted by Crippen LogP contribution is 2.31. The van der Waals surface area contributed by atoms with Crippen LogP contribution in [0.4, 0.5) is 5.69 Å². The second-order valence-electron chi connectivity index (χ2n) is 4.06. The minimum atomic E-state index is 0.815. The number of rotatable bonds is 5. The van der Waals surface area contributed by atoms with Crippen molar-refractivity contribution in [2.75, 3.05) is 18.5 Å². The second-order valence-corrected chi connectivity index (χ2v) is 4.06. The Morgan fingerprint density at radius 2 is 2.25 bits per heavy atom. The van der Waals surface area contributed by atoms with E-state index in [4.69, 9.17) is 4.74 Å². The maximum absolute atomic E-state index is 5.81. The first-order valence-electron chi connectivity index (χ1n) is 6.08.